The number of nitrogens with one attached hydrogen (secondary N) is 1. The number of phenols is 1. The monoisotopic (exact) mass is 454 g/mol. The molecule has 1 fully saturated rings. The van der Waals surface area contributed by atoms with E-state index in [1.165, 1.54) is 25.6 Å². The largest absolute Gasteiger partial charge is 0.508 e. The van der Waals surface area contributed by atoms with Crippen molar-refractivity contribution in [3.63, 3.8) is 0 Å². The molecule has 1 amide bonds. The number of carbonyl (C=O) groups excluding carboxylic acids is 1. The normalized spacial score (nSPS) is 14.1. The Morgan fingerprint density at radius 1 is 1.15 bits per heavy atom. The van der Waals surface area contributed by atoms with Crippen molar-refractivity contribution in [2.75, 3.05) is 32.1 Å². The molecule has 0 unspecified atom stereocenters. The van der Waals surface area contributed by atoms with Gasteiger partial charge in [0.25, 0.3) is 5.91 Å². The van der Waals surface area contributed by atoms with Crippen molar-refractivity contribution in [3.8, 4) is 17.2 Å². The van der Waals surface area contributed by atoms with Gasteiger partial charge in [0.2, 0.25) is 0 Å². The zero-order valence-electron chi connectivity index (χ0n) is 18.7. The molecule has 1 aromatic heterocycles. The maximum absolute atomic E-state index is 14.4. The van der Waals surface area contributed by atoms with Crippen LogP contribution >= 0.6 is 0 Å². The van der Waals surface area contributed by atoms with Crippen LogP contribution in [0.1, 0.15) is 31.2 Å². The first-order valence-corrected chi connectivity index (χ1v) is 11.0. The molecule has 1 saturated heterocycles. The van der Waals surface area contributed by atoms with Crippen LogP contribution in [0.5, 0.6) is 17.2 Å². The number of halogens is 1. The number of rotatable bonds is 6. The lowest BCUT2D eigenvalue weighted by molar-refractivity contribution is -0.133. The zero-order chi connectivity index (χ0) is 23.4. The molecule has 2 heterocycles. The first-order valence-electron chi connectivity index (χ1n) is 11.0. The predicted octanol–water partition coefficient (Wildman–Crippen LogP) is 4.32. The lowest BCUT2D eigenvalue weighted by Crippen LogP contribution is -2.35. The standard InChI is InChI=1S/C24H27FN4O4/c1-15-19(30)8-7-17(25)23(15)28-24-16-11-20(32-2)21(12-18(16)26-14-27-24)33-13-22(31)29-9-5-3-4-6-10-29/h7-8,11-12,14,30H,3-6,9-10,13H2,1-2H3,(H,26,27,28). The van der Waals surface area contributed by atoms with Gasteiger partial charge in [0.15, 0.2) is 18.1 Å². The number of carbonyl (C=O) groups is 1. The van der Waals surface area contributed by atoms with Gasteiger partial charge in [-0.25, -0.2) is 14.4 Å². The number of methoxy groups -OCH3 is 1. The highest BCUT2D eigenvalue weighted by Crippen LogP contribution is 2.36. The molecule has 0 spiro atoms. The van der Waals surface area contributed by atoms with Gasteiger partial charge in [-0.2, -0.15) is 0 Å². The fourth-order valence-corrected chi connectivity index (χ4v) is 3.93. The van der Waals surface area contributed by atoms with E-state index in [9.17, 15) is 14.3 Å². The molecule has 0 saturated carbocycles. The van der Waals surface area contributed by atoms with E-state index in [2.05, 4.69) is 15.3 Å². The van der Waals surface area contributed by atoms with Crippen LogP contribution < -0.4 is 14.8 Å². The van der Waals surface area contributed by atoms with Crippen molar-refractivity contribution in [3.05, 3.63) is 42.0 Å². The molecule has 9 heteroatoms. The number of aromatic hydroxyl groups is 1. The Bertz CT molecular complexity index is 1160. The van der Waals surface area contributed by atoms with Gasteiger partial charge in [0, 0.05) is 30.1 Å². The molecule has 0 bridgehead atoms. The summed E-state index contributed by atoms with van der Waals surface area (Å²) in [6, 6.07) is 5.83. The number of amides is 1. The summed E-state index contributed by atoms with van der Waals surface area (Å²) >= 11 is 0. The molecule has 1 aliphatic heterocycles. The highest BCUT2D eigenvalue weighted by atomic mass is 19.1. The average molecular weight is 455 g/mol. The van der Waals surface area contributed by atoms with Crippen LogP contribution in [0.25, 0.3) is 10.9 Å². The van der Waals surface area contributed by atoms with Crippen LogP contribution in [0, 0.1) is 12.7 Å². The molecule has 33 heavy (non-hydrogen) atoms. The van der Waals surface area contributed by atoms with Crippen molar-refractivity contribution in [2.24, 2.45) is 0 Å². The first kappa shape index (κ1) is 22.6. The van der Waals surface area contributed by atoms with E-state index in [0.29, 0.717) is 33.8 Å². The van der Waals surface area contributed by atoms with Crippen molar-refractivity contribution in [2.45, 2.75) is 32.6 Å². The number of fused-ring (bicyclic) bond motifs is 1. The van der Waals surface area contributed by atoms with Crippen LogP contribution in [0.4, 0.5) is 15.9 Å². The number of aromatic nitrogens is 2. The summed E-state index contributed by atoms with van der Waals surface area (Å²) in [6.07, 6.45) is 5.66. The van der Waals surface area contributed by atoms with Crippen molar-refractivity contribution >= 4 is 28.3 Å². The van der Waals surface area contributed by atoms with Gasteiger partial charge in [0.05, 0.1) is 18.3 Å². The summed E-state index contributed by atoms with van der Waals surface area (Å²) in [6.45, 7) is 3.03. The number of benzene rings is 2. The lowest BCUT2D eigenvalue weighted by Gasteiger charge is -2.21. The Kier molecular flexibility index (Phi) is 6.76. The van der Waals surface area contributed by atoms with Gasteiger partial charge in [0.1, 0.15) is 23.7 Å². The fourth-order valence-electron chi connectivity index (χ4n) is 3.93. The van der Waals surface area contributed by atoms with Gasteiger partial charge in [-0.3, -0.25) is 4.79 Å². The Morgan fingerprint density at radius 2 is 1.91 bits per heavy atom. The fraction of sp³-hybridized carbons (Fsp3) is 0.375. The Morgan fingerprint density at radius 3 is 2.64 bits per heavy atom. The third-order valence-corrected chi connectivity index (χ3v) is 5.86. The summed E-state index contributed by atoms with van der Waals surface area (Å²) in [7, 11) is 1.50. The van der Waals surface area contributed by atoms with Crippen LogP contribution in [0.15, 0.2) is 30.6 Å². The molecule has 0 radical (unpaired) electrons. The molecular formula is C24H27FN4O4. The third kappa shape index (κ3) is 4.92. The minimum absolute atomic E-state index is 0.0281. The highest BCUT2D eigenvalue weighted by molar-refractivity contribution is 5.93. The van der Waals surface area contributed by atoms with Gasteiger partial charge < -0.3 is 24.8 Å². The van der Waals surface area contributed by atoms with E-state index in [1.54, 1.807) is 19.1 Å². The SMILES string of the molecule is COc1cc2c(Nc3c(F)ccc(O)c3C)ncnc2cc1OCC(=O)N1CCCCCC1. The van der Waals surface area contributed by atoms with E-state index in [4.69, 9.17) is 9.47 Å². The highest BCUT2D eigenvalue weighted by Gasteiger charge is 2.19. The smallest absolute Gasteiger partial charge is 0.260 e. The number of hydrogen-bond acceptors (Lipinski definition) is 7. The molecule has 2 aromatic carbocycles. The quantitative estimate of drug-likeness (QED) is 0.573. The number of phenolic OH excluding ortho intramolecular Hbond substituents is 1. The average Bonchev–Trinajstić information content (AvgIpc) is 3.12. The second-order valence-electron chi connectivity index (χ2n) is 8.02. The van der Waals surface area contributed by atoms with E-state index >= 15 is 0 Å². The number of ether oxygens (including phenoxy) is 2. The van der Waals surface area contributed by atoms with Crippen molar-refractivity contribution in [1.82, 2.24) is 14.9 Å². The molecular weight excluding hydrogens is 427 g/mol. The molecule has 1 aliphatic rings. The van der Waals surface area contributed by atoms with Gasteiger partial charge in [-0.15, -0.1) is 0 Å². The maximum atomic E-state index is 14.4. The van der Waals surface area contributed by atoms with E-state index in [1.807, 2.05) is 4.90 Å². The molecule has 0 aliphatic carbocycles. The van der Waals surface area contributed by atoms with Crippen LogP contribution in [-0.4, -0.2) is 52.7 Å². The molecule has 0 atom stereocenters. The topological polar surface area (TPSA) is 96.8 Å². The number of anilines is 2. The summed E-state index contributed by atoms with van der Waals surface area (Å²) in [4.78, 5) is 23.0. The van der Waals surface area contributed by atoms with Crippen LogP contribution in [0.2, 0.25) is 0 Å². The predicted molar refractivity (Wildman–Crippen MR) is 123 cm³/mol. The first-order chi connectivity index (χ1) is 16.0. The minimum atomic E-state index is -0.518. The number of likely N-dealkylation sites (tertiary alicyclic amines) is 1. The summed E-state index contributed by atoms with van der Waals surface area (Å²) < 4.78 is 25.7. The van der Waals surface area contributed by atoms with E-state index in [0.717, 1.165) is 38.8 Å². The zero-order valence-corrected chi connectivity index (χ0v) is 18.7. The Balaban J connectivity index is 1.59. The molecule has 2 N–H and O–H groups in total. The number of nitrogens with zero attached hydrogens (tertiary/aromatic N) is 3. The van der Waals surface area contributed by atoms with Gasteiger partial charge in [-0.05, 0) is 38.0 Å². The van der Waals surface area contributed by atoms with E-state index in [-0.39, 0.29) is 24.0 Å². The Labute approximate surface area is 191 Å². The lowest BCUT2D eigenvalue weighted by atomic mass is 10.1. The van der Waals surface area contributed by atoms with Crippen LogP contribution in [-0.2, 0) is 4.79 Å². The van der Waals surface area contributed by atoms with E-state index < -0.39 is 5.82 Å². The summed E-state index contributed by atoms with van der Waals surface area (Å²) in [5, 5.41) is 13.5. The molecule has 4 rings (SSSR count). The minimum Gasteiger partial charge on any atom is -0.508 e. The second-order valence-corrected chi connectivity index (χ2v) is 8.02. The molecule has 8 nitrogen and oxygen atoms in total. The molecule has 3 aromatic rings. The van der Waals surface area contributed by atoms with Gasteiger partial charge >= 0.3 is 0 Å². The molecule has 174 valence electrons. The third-order valence-electron chi connectivity index (χ3n) is 5.86. The van der Waals surface area contributed by atoms with Crippen molar-refractivity contribution in [1.29, 1.82) is 0 Å². The van der Waals surface area contributed by atoms with Crippen molar-refractivity contribution < 1.29 is 23.8 Å². The second kappa shape index (κ2) is 9.89. The maximum Gasteiger partial charge on any atom is 0.260 e. The Hall–Kier alpha value is -3.62. The van der Waals surface area contributed by atoms with Gasteiger partial charge in [-0.1, -0.05) is 12.8 Å². The summed E-state index contributed by atoms with van der Waals surface area (Å²) in [5.74, 6) is 0.530. The number of hydrogen-bond donors (Lipinski definition) is 2. The summed E-state index contributed by atoms with van der Waals surface area (Å²) in [5.41, 5.74) is 1.02. The van der Waals surface area contributed by atoms with Crippen LogP contribution in [0.3, 0.4) is 0 Å².